The van der Waals surface area contributed by atoms with E-state index in [4.69, 9.17) is 4.74 Å². The average molecular weight is 396 g/mol. The van der Waals surface area contributed by atoms with Crippen LogP contribution in [0.25, 0.3) is 0 Å². The van der Waals surface area contributed by atoms with Crippen molar-refractivity contribution in [2.45, 2.75) is 40.0 Å². The van der Waals surface area contributed by atoms with Gasteiger partial charge in [-0.15, -0.1) is 0 Å². The van der Waals surface area contributed by atoms with Crippen LogP contribution in [0.4, 0.5) is 21.9 Å². The Labute approximate surface area is 174 Å². The van der Waals surface area contributed by atoms with E-state index in [0.29, 0.717) is 6.61 Å². The fraction of sp³-hybridized carbons (Fsp3) is 0.458. The number of rotatable bonds is 8. The molecule has 0 atom stereocenters. The third kappa shape index (κ3) is 5.30. The Balaban J connectivity index is 1.89. The lowest BCUT2D eigenvalue weighted by atomic mass is 10.0. The lowest BCUT2D eigenvalue weighted by Crippen LogP contribution is -2.28. The second-order valence-corrected chi connectivity index (χ2v) is 7.35. The quantitative estimate of drug-likeness (QED) is 0.665. The molecule has 1 N–H and O–H groups in total. The topological polar surface area (TPSA) is 44.8 Å². The molecular weight excluding hydrogens is 362 g/mol. The van der Waals surface area contributed by atoms with Crippen LogP contribution in [0.2, 0.25) is 0 Å². The molecule has 29 heavy (non-hydrogen) atoms. The lowest BCUT2D eigenvalue weighted by Gasteiger charge is -2.28. The standard InChI is InChI=1S/C24H33N3O2/c1-4-26(5-2)16-9-17-27-22-11-8-7-10-19(22)12-13-20-14-15-21(18-23(20)27)25-24(28)29-6-3/h7-8,10-11,14-15,18H,4-6,9,12-13,16-17H2,1-3H3,(H,25,28). The van der Waals surface area contributed by atoms with Gasteiger partial charge >= 0.3 is 6.09 Å². The van der Waals surface area contributed by atoms with E-state index in [1.54, 1.807) is 0 Å². The fourth-order valence-corrected chi connectivity index (χ4v) is 4.01. The Morgan fingerprint density at radius 1 is 1.03 bits per heavy atom. The number of nitrogens with zero attached hydrogens (tertiary/aromatic N) is 2. The van der Waals surface area contributed by atoms with Gasteiger partial charge in [0.05, 0.1) is 6.61 Å². The first-order chi connectivity index (χ1) is 14.2. The van der Waals surface area contributed by atoms with Gasteiger partial charge in [0.2, 0.25) is 0 Å². The summed E-state index contributed by atoms with van der Waals surface area (Å²) >= 11 is 0. The molecule has 1 aliphatic rings. The maximum atomic E-state index is 11.9. The van der Waals surface area contributed by atoms with Gasteiger partial charge in [-0.05, 0) is 75.1 Å². The third-order valence-corrected chi connectivity index (χ3v) is 5.59. The Hall–Kier alpha value is -2.53. The maximum absolute atomic E-state index is 11.9. The van der Waals surface area contributed by atoms with E-state index in [2.05, 4.69) is 65.4 Å². The molecule has 3 rings (SSSR count). The lowest BCUT2D eigenvalue weighted by molar-refractivity contribution is 0.168. The van der Waals surface area contributed by atoms with Crippen molar-refractivity contribution >= 4 is 23.2 Å². The van der Waals surface area contributed by atoms with E-state index in [-0.39, 0.29) is 0 Å². The molecule has 2 aromatic carbocycles. The SMILES string of the molecule is CCOC(=O)Nc1ccc2c(c1)N(CCCN(CC)CC)c1ccccc1CC2. The second-order valence-electron chi connectivity index (χ2n) is 7.35. The zero-order valence-corrected chi connectivity index (χ0v) is 17.9. The fourth-order valence-electron chi connectivity index (χ4n) is 4.01. The van der Waals surface area contributed by atoms with Crippen molar-refractivity contribution in [2.24, 2.45) is 0 Å². The number of amides is 1. The summed E-state index contributed by atoms with van der Waals surface area (Å²) in [5, 5.41) is 2.85. The van der Waals surface area contributed by atoms with Crippen molar-refractivity contribution in [3.63, 3.8) is 0 Å². The molecule has 0 saturated heterocycles. The normalized spacial score (nSPS) is 12.9. The molecule has 0 bridgehead atoms. The van der Waals surface area contributed by atoms with Crippen molar-refractivity contribution in [1.29, 1.82) is 0 Å². The van der Waals surface area contributed by atoms with Crippen LogP contribution < -0.4 is 10.2 Å². The highest BCUT2D eigenvalue weighted by molar-refractivity contribution is 5.86. The summed E-state index contributed by atoms with van der Waals surface area (Å²) in [7, 11) is 0. The van der Waals surface area contributed by atoms with Crippen LogP contribution in [0.15, 0.2) is 42.5 Å². The highest BCUT2D eigenvalue weighted by Crippen LogP contribution is 2.37. The number of benzene rings is 2. The third-order valence-electron chi connectivity index (χ3n) is 5.59. The molecule has 1 aliphatic heterocycles. The van der Waals surface area contributed by atoms with E-state index >= 15 is 0 Å². The van der Waals surface area contributed by atoms with Crippen LogP contribution in [-0.2, 0) is 17.6 Å². The summed E-state index contributed by atoms with van der Waals surface area (Å²) in [6, 6.07) is 14.9. The Morgan fingerprint density at radius 3 is 2.48 bits per heavy atom. The van der Waals surface area contributed by atoms with Crippen molar-refractivity contribution in [1.82, 2.24) is 4.90 Å². The predicted octanol–water partition coefficient (Wildman–Crippen LogP) is 5.22. The number of hydrogen-bond donors (Lipinski definition) is 1. The highest BCUT2D eigenvalue weighted by atomic mass is 16.5. The highest BCUT2D eigenvalue weighted by Gasteiger charge is 2.21. The summed E-state index contributed by atoms with van der Waals surface area (Å²) in [6.45, 7) is 10.8. The van der Waals surface area contributed by atoms with E-state index in [1.165, 1.54) is 22.5 Å². The molecular formula is C24H33N3O2. The van der Waals surface area contributed by atoms with Crippen LogP contribution >= 0.6 is 0 Å². The number of carbonyl (C=O) groups is 1. The van der Waals surface area contributed by atoms with Crippen LogP contribution in [0.1, 0.15) is 38.3 Å². The van der Waals surface area contributed by atoms with Crippen LogP contribution in [0.3, 0.4) is 0 Å². The number of ether oxygens (including phenoxy) is 1. The molecule has 156 valence electrons. The molecule has 0 fully saturated rings. The zero-order chi connectivity index (χ0) is 20.6. The summed E-state index contributed by atoms with van der Waals surface area (Å²) in [4.78, 5) is 16.8. The van der Waals surface area contributed by atoms with Gasteiger partial charge in [-0.1, -0.05) is 38.1 Å². The van der Waals surface area contributed by atoms with Gasteiger partial charge in [-0.2, -0.15) is 0 Å². The first kappa shape index (κ1) is 21.2. The van der Waals surface area contributed by atoms with E-state index in [1.807, 2.05) is 13.0 Å². The van der Waals surface area contributed by atoms with E-state index < -0.39 is 6.09 Å². The van der Waals surface area contributed by atoms with Crippen LogP contribution in [-0.4, -0.2) is 43.8 Å². The second kappa shape index (κ2) is 10.3. The molecule has 0 aromatic heterocycles. The van der Waals surface area contributed by atoms with Crippen LogP contribution in [0.5, 0.6) is 0 Å². The summed E-state index contributed by atoms with van der Waals surface area (Å²) in [6.07, 6.45) is 2.71. The molecule has 0 saturated carbocycles. The van der Waals surface area contributed by atoms with Gasteiger partial charge in [-0.3, -0.25) is 5.32 Å². The Morgan fingerprint density at radius 2 is 1.76 bits per heavy atom. The molecule has 1 heterocycles. The Kier molecular flexibility index (Phi) is 7.53. The first-order valence-corrected chi connectivity index (χ1v) is 10.8. The number of hydrogen-bond acceptors (Lipinski definition) is 4. The summed E-state index contributed by atoms with van der Waals surface area (Å²) in [5.41, 5.74) is 5.93. The van der Waals surface area contributed by atoms with Crippen molar-refractivity contribution in [3.05, 3.63) is 53.6 Å². The maximum Gasteiger partial charge on any atom is 0.411 e. The van der Waals surface area contributed by atoms with Crippen molar-refractivity contribution in [2.75, 3.05) is 43.0 Å². The van der Waals surface area contributed by atoms with E-state index in [0.717, 1.165) is 51.1 Å². The summed E-state index contributed by atoms with van der Waals surface area (Å²) < 4.78 is 5.04. The Bertz CT molecular complexity index is 818. The van der Waals surface area contributed by atoms with Crippen molar-refractivity contribution in [3.8, 4) is 0 Å². The number of fused-ring (bicyclic) bond motifs is 2. The van der Waals surface area contributed by atoms with E-state index in [9.17, 15) is 4.79 Å². The summed E-state index contributed by atoms with van der Waals surface area (Å²) in [5.74, 6) is 0. The van der Waals surface area contributed by atoms with Gasteiger partial charge in [0.15, 0.2) is 0 Å². The van der Waals surface area contributed by atoms with Gasteiger partial charge in [0.25, 0.3) is 0 Å². The minimum absolute atomic E-state index is 0.363. The molecule has 0 spiro atoms. The molecule has 0 unspecified atom stereocenters. The molecule has 5 heteroatoms. The minimum Gasteiger partial charge on any atom is -0.450 e. The van der Waals surface area contributed by atoms with Gasteiger partial charge < -0.3 is 14.5 Å². The first-order valence-electron chi connectivity index (χ1n) is 10.8. The smallest absolute Gasteiger partial charge is 0.411 e. The zero-order valence-electron chi connectivity index (χ0n) is 17.9. The number of para-hydroxylation sites is 1. The monoisotopic (exact) mass is 395 g/mol. The average Bonchev–Trinajstić information content (AvgIpc) is 2.88. The van der Waals surface area contributed by atoms with Crippen molar-refractivity contribution < 1.29 is 9.53 Å². The molecule has 5 nitrogen and oxygen atoms in total. The van der Waals surface area contributed by atoms with Gasteiger partial charge in [0.1, 0.15) is 0 Å². The van der Waals surface area contributed by atoms with Crippen LogP contribution in [0, 0.1) is 0 Å². The number of anilines is 3. The largest absolute Gasteiger partial charge is 0.450 e. The molecule has 1 amide bonds. The predicted molar refractivity (Wildman–Crippen MR) is 120 cm³/mol. The molecule has 0 radical (unpaired) electrons. The molecule has 0 aliphatic carbocycles. The number of carbonyl (C=O) groups excluding carboxylic acids is 1. The van der Waals surface area contributed by atoms with Gasteiger partial charge in [0, 0.05) is 23.6 Å². The molecule has 2 aromatic rings. The number of nitrogens with one attached hydrogen (secondary N) is 1. The van der Waals surface area contributed by atoms with Gasteiger partial charge in [-0.25, -0.2) is 4.79 Å². The number of aryl methyl sites for hydroxylation is 2. The minimum atomic E-state index is -0.408.